The highest BCUT2D eigenvalue weighted by atomic mass is 16.5. The maximum atomic E-state index is 12.3. The quantitative estimate of drug-likeness (QED) is 0.759. The minimum Gasteiger partial charge on any atom is -0.497 e. The van der Waals surface area contributed by atoms with Crippen LogP contribution < -0.4 is 14.8 Å². The highest BCUT2D eigenvalue weighted by Gasteiger charge is 2.15. The van der Waals surface area contributed by atoms with E-state index in [0.29, 0.717) is 18.7 Å². The Morgan fingerprint density at radius 2 is 1.77 bits per heavy atom. The Hall–Kier alpha value is -3.02. The number of carbonyl (C=O) groups excluding carboxylic acids is 1. The fourth-order valence-electron chi connectivity index (χ4n) is 2.60. The van der Waals surface area contributed by atoms with Crippen molar-refractivity contribution in [1.82, 2.24) is 5.32 Å². The molecule has 6 heteroatoms. The summed E-state index contributed by atoms with van der Waals surface area (Å²) >= 11 is 0. The van der Waals surface area contributed by atoms with Crippen molar-refractivity contribution < 1.29 is 24.2 Å². The van der Waals surface area contributed by atoms with Gasteiger partial charge in [0.15, 0.2) is 0 Å². The first-order valence-corrected chi connectivity index (χ1v) is 8.28. The van der Waals surface area contributed by atoms with Gasteiger partial charge in [-0.3, -0.25) is 4.79 Å². The lowest BCUT2D eigenvalue weighted by Crippen LogP contribution is -2.29. The molecule has 0 fully saturated rings. The summed E-state index contributed by atoms with van der Waals surface area (Å²) in [5.41, 5.74) is 1.92. The second-order valence-electron chi connectivity index (χ2n) is 5.87. The molecule has 0 aromatic heterocycles. The van der Waals surface area contributed by atoms with Crippen molar-refractivity contribution in [2.75, 3.05) is 20.8 Å². The van der Waals surface area contributed by atoms with Crippen LogP contribution in [0.1, 0.15) is 34.3 Å². The summed E-state index contributed by atoms with van der Waals surface area (Å²) < 4.78 is 10.4. The predicted octanol–water partition coefficient (Wildman–Crippen LogP) is 2.86. The molecule has 0 spiro atoms. The minimum atomic E-state index is -1.00. The normalized spacial score (nSPS) is 11.5. The molecule has 0 aliphatic heterocycles. The Bertz CT molecular complexity index is 770. The number of benzene rings is 2. The summed E-state index contributed by atoms with van der Waals surface area (Å²) in [5.74, 6) is -0.106. The second kappa shape index (κ2) is 8.89. The molecule has 0 heterocycles. The number of carbonyl (C=O) groups is 2. The lowest BCUT2D eigenvalue weighted by Gasteiger charge is -2.14. The molecule has 2 rings (SSSR count). The molecule has 0 bridgehead atoms. The molecule has 1 unspecified atom stereocenters. The molecule has 2 aromatic rings. The van der Waals surface area contributed by atoms with E-state index in [2.05, 4.69) is 5.32 Å². The van der Waals surface area contributed by atoms with Gasteiger partial charge in [0.1, 0.15) is 11.5 Å². The molecule has 1 atom stereocenters. The lowest BCUT2D eigenvalue weighted by molar-refractivity contribution is -0.122. The number of rotatable bonds is 8. The van der Waals surface area contributed by atoms with Gasteiger partial charge in [0.25, 0.3) is 0 Å². The van der Waals surface area contributed by atoms with E-state index < -0.39 is 5.97 Å². The molecule has 0 aliphatic rings. The number of amides is 1. The molecule has 138 valence electrons. The molecule has 0 radical (unpaired) electrons. The van der Waals surface area contributed by atoms with Crippen molar-refractivity contribution in [2.45, 2.75) is 19.3 Å². The Morgan fingerprint density at radius 3 is 2.35 bits per heavy atom. The van der Waals surface area contributed by atoms with Crippen molar-refractivity contribution in [3.05, 3.63) is 59.2 Å². The van der Waals surface area contributed by atoms with Crippen LogP contribution in [0.4, 0.5) is 0 Å². The Kier molecular flexibility index (Phi) is 6.60. The zero-order valence-corrected chi connectivity index (χ0v) is 15.1. The fraction of sp³-hybridized carbons (Fsp3) is 0.300. The molecular formula is C20H23NO5. The standard InChI is InChI=1S/C20H23NO5/c1-13(14-6-8-17(25-2)9-7-14)19(22)21-11-10-15-4-5-16(20(23)24)12-18(15)26-3/h4-9,12-13H,10-11H2,1-3H3,(H,21,22)(H,23,24). The van der Waals surface area contributed by atoms with E-state index in [1.165, 1.54) is 19.2 Å². The van der Waals surface area contributed by atoms with Crippen LogP contribution >= 0.6 is 0 Å². The largest absolute Gasteiger partial charge is 0.497 e. The van der Waals surface area contributed by atoms with Crippen LogP contribution in [0.2, 0.25) is 0 Å². The van der Waals surface area contributed by atoms with Crippen LogP contribution in [-0.2, 0) is 11.2 Å². The zero-order valence-electron chi connectivity index (χ0n) is 15.1. The van der Waals surface area contributed by atoms with Gasteiger partial charge in [-0.25, -0.2) is 4.79 Å². The first kappa shape index (κ1) is 19.3. The van der Waals surface area contributed by atoms with Crippen molar-refractivity contribution in [1.29, 1.82) is 0 Å². The van der Waals surface area contributed by atoms with E-state index in [1.807, 2.05) is 31.2 Å². The SMILES string of the molecule is COc1ccc(C(C)C(=O)NCCc2ccc(C(=O)O)cc2OC)cc1. The predicted molar refractivity (Wildman–Crippen MR) is 98.1 cm³/mol. The van der Waals surface area contributed by atoms with Crippen molar-refractivity contribution in [3.63, 3.8) is 0 Å². The Morgan fingerprint density at radius 1 is 1.08 bits per heavy atom. The van der Waals surface area contributed by atoms with Gasteiger partial charge in [-0.15, -0.1) is 0 Å². The average molecular weight is 357 g/mol. The number of carboxylic acid groups (broad SMARTS) is 1. The van der Waals surface area contributed by atoms with Crippen molar-refractivity contribution in [3.8, 4) is 11.5 Å². The molecular weight excluding hydrogens is 334 g/mol. The molecule has 0 aliphatic carbocycles. The maximum absolute atomic E-state index is 12.3. The molecule has 2 aromatic carbocycles. The smallest absolute Gasteiger partial charge is 0.335 e. The molecule has 0 saturated carbocycles. The van der Waals surface area contributed by atoms with E-state index in [4.69, 9.17) is 14.6 Å². The van der Waals surface area contributed by atoms with Crippen molar-refractivity contribution >= 4 is 11.9 Å². The summed E-state index contributed by atoms with van der Waals surface area (Å²) in [4.78, 5) is 23.3. The molecule has 1 amide bonds. The van der Waals surface area contributed by atoms with Crippen LogP contribution in [0, 0.1) is 0 Å². The van der Waals surface area contributed by atoms with Gasteiger partial charge in [-0.2, -0.15) is 0 Å². The number of methoxy groups -OCH3 is 2. The Balaban J connectivity index is 1.94. The number of carboxylic acids is 1. The number of hydrogen-bond donors (Lipinski definition) is 2. The van der Waals surface area contributed by atoms with Gasteiger partial charge in [0.05, 0.1) is 25.7 Å². The fourth-order valence-corrected chi connectivity index (χ4v) is 2.60. The van der Waals surface area contributed by atoms with E-state index in [1.54, 1.807) is 13.2 Å². The highest BCUT2D eigenvalue weighted by Crippen LogP contribution is 2.21. The van der Waals surface area contributed by atoms with Gasteiger partial charge in [0, 0.05) is 6.54 Å². The molecule has 26 heavy (non-hydrogen) atoms. The summed E-state index contributed by atoms with van der Waals surface area (Å²) in [6.07, 6.45) is 0.546. The number of aromatic carboxylic acids is 1. The molecule has 0 saturated heterocycles. The first-order valence-electron chi connectivity index (χ1n) is 8.28. The van der Waals surface area contributed by atoms with Crippen molar-refractivity contribution in [2.24, 2.45) is 0 Å². The van der Waals surface area contributed by atoms with Gasteiger partial charge in [-0.05, 0) is 48.7 Å². The average Bonchev–Trinajstić information content (AvgIpc) is 2.67. The van der Waals surface area contributed by atoms with E-state index >= 15 is 0 Å². The number of ether oxygens (including phenoxy) is 2. The maximum Gasteiger partial charge on any atom is 0.335 e. The van der Waals surface area contributed by atoms with Gasteiger partial charge in [0.2, 0.25) is 5.91 Å². The Labute approximate surface area is 152 Å². The van der Waals surface area contributed by atoms with Gasteiger partial charge >= 0.3 is 5.97 Å². The third-order valence-electron chi connectivity index (χ3n) is 4.24. The molecule has 6 nitrogen and oxygen atoms in total. The van der Waals surface area contributed by atoms with E-state index in [9.17, 15) is 9.59 Å². The lowest BCUT2D eigenvalue weighted by atomic mass is 10.00. The van der Waals surface area contributed by atoms with E-state index in [0.717, 1.165) is 16.9 Å². The summed E-state index contributed by atoms with van der Waals surface area (Å²) in [6.45, 7) is 2.28. The first-order chi connectivity index (χ1) is 12.5. The van der Waals surface area contributed by atoms with Crippen LogP contribution in [0.25, 0.3) is 0 Å². The summed E-state index contributed by atoms with van der Waals surface area (Å²) in [5, 5.41) is 11.9. The topological polar surface area (TPSA) is 84.9 Å². The highest BCUT2D eigenvalue weighted by molar-refractivity contribution is 5.88. The minimum absolute atomic E-state index is 0.0729. The molecule has 2 N–H and O–H groups in total. The monoisotopic (exact) mass is 357 g/mol. The van der Waals surface area contributed by atoms with Crippen LogP contribution in [0.5, 0.6) is 11.5 Å². The van der Waals surface area contributed by atoms with Crippen LogP contribution in [0.3, 0.4) is 0 Å². The van der Waals surface area contributed by atoms with E-state index in [-0.39, 0.29) is 17.4 Å². The summed E-state index contributed by atoms with van der Waals surface area (Å²) in [6, 6.07) is 12.1. The zero-order chi connectivity index (χ0) is 19.1. The van der Waals surface area contributed by atoms with Crippen LogP contribution in [-0.4, -0.2) is 37.7 Å². The van der Waals surface area contributed by atoms with Gasteiger partial charge in [-0.1, -0.05) is 18.2 Å². The number of nitrogens with one attached hydrogen (secondary N) is 1. The number of hydrogen-bond acceptors (Lipinski definition) is 4. The third kappa shape index (κ3) is 4.75. The third-order valence-corrected chi connectivity index (χ3v) is 4.24. The van der Waals surface area contributed by atoms with Crippen LogP contribution in [0.15, 0.2) is 42.5 Å². The second-order valence-corrected chi connectivity index (χ2v) is 5.87. The van der Waals surface area contributed by atoms with Gasteiger partial charge < -0.3 is 19.9 Å². The summed E-state index contributed by atoms with van der Waals surface area (Å²) in [7, 11) is 3.09.